The molecule has 0 bridgehead atoms. The van der Waals surface area contributed by atoms with Gasteiger partial charge >= 0.3 is 0 Å². The van der Waals surface area contributed by atoms with E-state index in [9.17, 15) is 4.79 Å². The van der Waals surface area contributed by atoms with Crippen molar-refractivity contribution in [1.29, 1.82) is 0 Å². The van der Waals surface area contributed by atoms with Gasteiger partial charge in [-0.15, -0.1) is 0 Å². The maximum atomic E-state index is 11.2. The van der Waals surface area contributed by atoms with Crippen LogP contribution in [0.15, 0.2) is 59.1 Å². The first kappa shape index (κ1) is 20.1. The standard InChI is InChI=1S/C24H25N3O3/c1-17-22(24(30-26-17)20-5-3-2-4-6-20)12-14-27-13-11-19-9-7-18(15-21(19)16-27)8-10-23(28)25-29/h2-10,15,29H,11-14,16H2,1H3,(H,25,28). The highest BCUT2D eigenvalue weighted by Gasteiger charge is 2.19. The number of aryl methyl sites for hydroxylation is 1. The minimum absolute atomic E-state index is 0.535. The van der Waals surface area contributed by atoms with Crippen molar-refractivity contribution in [3.8, 4) is 11.3 Å². The molecule has 0 fully saturated rings. The number of aromatic nitrogens is 1. The van der Waals surface area contributed by atoms with E-state index in [2.05, 4.69) is 22.2 Å². The van der Waals surface area contributed by atoms with E-state index < -0.39 is 5.91 Å². The van der Waals surface area contributed by atoms with Crippen LogP contribution in [0.1, 0.15) is 27.9 Å². The molecule has 0 spiro atoms. The highest BCUT2D eigenvalue weighted by molar-refractivity contribution is 5.90. The van der Waals surface area contributed by atoms with Gasteiger partial charge < -0.3 is 4.52 Å². The lowest BCUT2D eigenvalue weighted by molar-refractivity contribution is -0.124. The van der Waals surface area contributed by atoms with Crippen LogP contribution in [0.2, 0.25) is 0 Å². The average molecular weight is 403 g/mol. The molecule has 30 heavy (non-hydrogen) atoms. The topological polar surface area (TPSA) is 78.6 Å². The number of hydroxylamine groups is 1. The van der Waals surface area contributed by atoms with Crippen LogP contribution >= 0.6 is 0 Å². The first-order valence-electron chi connectivity index (χ1n) is 10.1. The van der Waals surface area contributed by atoms with E-state index in [4.69, 9.17) is 9.73 Å². The van der Waals surface area contributed by atoms with Gasteiger partial charge in [0.05, 0.1) is 5.69 Å². The number of fused-ring (bicyclic) bond motifs is 1. The lowest BCUT2D eigenvalue weighted by Crippen LogP contribution is -2.32. The van der Waals surface area contributed by atoms with Crippen molar-refractivity contribution in [1.82, 2.24) is 15.5 Å². The van der Waals surface area contributed by atoms with Crippen LogP contribution in [0.5, 0.6) is 0 Å². The molecule has 6 heteroatoms. The van der Waals surface area contributed by atoms with Crippen LogP contribution in [-0.2, 0) is 24.2 Å². The number of nitrogens with one attached hydrogen (secondary N) is 1. The summed E-state index contributed by atoms with van der Waals surface area (Å²) in [4.78, 5) is 13.7. The Kier molecular flexibility index (Phi) is 6.07. The fourth-order valence-corrected chi connectivity index (χ4v) is 3.91. The normalized spacial score (nSPS) is 14.1. The molecule has 4 rings (SSSR count). The van der Waals surface area contributed by atoms with Gasteiger partial charge in [-0.1, -0.05) is 53.7 Å². The van der Waals surface area contributed by atoms with E-state index in [1.165, 1.54) is 22.8 Å². The molecule has 1 aromatic heterocycles. The fourth-order valence-electron chi connectivity index (χ4n) is 3.91. The zero-order chi connectivity index (χ0) is 20.9. The second-order valence-electron chi connectivity index (χ2n) is 7.56. The van der Waals surface area contributed by atoms with Gasteiger partial charge in [0.25, 0.3) is 5.91 Å². The quantitative estimate of drug-likeness (QED) is 0.372. The average Bonchev–Trinajstić information content (AvgIpc) is 3.16. The molecule has 1 aliphatic rings. The van der Waals surface area contributed by atoms with Crippen LogP contribution in [0.25, 0.3) is 17.4 Å². The van der Waals surface area contributed by atoms with Crippen LogP contribution in [0.4, 0.5) is 0 Å². The Balaban J connectivity index is 1.44. The summed E-state index contributed by atoms with van der Waals surface area (Å²) in [6.07, 6.45) is 4.91. The Morgan fingerprint density at radius 3 is 2.87 bits per heavy atom. The van der Waals surface area contributed by atoms with Gasteiger partial charge in [0.2, 0.25) is 0 Å². The van der Waals surface area contributed by atoms with E-state index in [0.29, 0.717) is 0 Å². The van der Waals surface area contributed by atoms with Crippen molar-refractivity contribution in [3.05, 3.63) is 82.6 Å². The summed E-state index contributed by atoms with van der Waals surface area (Å²) in [5, 5.41) is 12.8. The molecule has 1 aliphatic heterocycles. The number of hydrogen-bond donors (Lipinski definition) is 2. The van der Waals surface area contributed by atoms with Crippen molar-refractivity contribution in [2.75, 3.05) is 13.1 Å². The van der Waals surface area contributed by atoms with E-state index >= 15 is 0 Å². The first-order valence-corrected chi connectivity index (χ1v) is 10.1. The molecule has 0 atom stereocenters. The molecule has 2 heterocycles. The van der Waals surface area contributed by atoms with Crippen molar-refractivity contribution < 1.29 is 14.5 Å². The van der Waals surface area contributed by atoms with Crippen molar-refractivity contribution >= 4 is 12.0 Å². The molecule has 0 saturated heterocycles. The molecule has 0 saturated carbocycles. The highest BCUT2D eigenvalue weighted by Crippen LogP contribution is 2.27. The molecule has 3 aromatic rings. The minimum Gasteiger partial charge on any atom is -0.356 e. The third-order valence-corrected chi connectivity index (χ3v) is 5.56. The van der Waals surface area contributed by atoms with E-state index in [-0.39, 0.29) is 0 Å². The summed E-state index contributed by atoms with van der Waals surface area (Å²) in [6, 6.07) is 16.4. The first-order chi connectivity index (χ1) is 14.6. The van der Waals surface area contributed by atoms with Gasteiger partial charge in [-0.2, -0.15) is 0 Å². The van der Waals surface area contributed by atoms with E-state index in [0.717, 1.165) is 55.1 Å². The van der Waals surface area contributed by atoms with Gasteiger partial charge in [-0.25, -0.2) is 5.48 Å². The molecule has 2 N–H and O–H groups in total. The van der Waals surface area contributed by atoms with Gasteiger partial charge in [0.1, 0.15) is 0 Å². The van der Waals surface area contributed by atoms with Crippen LogP contribution in [0, 0.1) is 6.92 Å². The number of benzene rings is 2. The number of carbonyl (C=O) groups excluding carboxylic acids is 1. The number of carbonyl (C=O) groups is 1. The van der Waals surface area contributed by atoms with Crippen LogP contribution in [0.3, 0.4) is 0 Å². The summed E-state index contributed by atoms with van der Waals surface area (Å²) >= 11 is 0. The van der Waals surface area contributed by atoms with Crippen molar-refractivity contribution in [3.63, 3.8) is 0 Å². The van der Waals surface area contributed by atoms with Crippen LogP contribution < -0.4 is 5.48 Å². The number of nitrogens with zero attached hydrogens (tertiary/aromatic N) is 2. The Morgan fingerprint density at radius 2 is 2.07 bits per heavy atom. The molecule has 0 unspecified atom stereocenters. The Labute approximate surface area is 175 Å². The second-order valence-corrected chi connectivity index (χ2v) is 7.56. The summed E-state index contributed by atoms with van der Waals surface area (Å²) in [6.45, 7) is 4.81. The lowest BCUT2D eigenvalue weighted by Gasteiger charge is -2.29. The Hall–Kier alpha value is -3.22. The van der Waals surface area contributed by atoms with Gasteiger partial charge in [-0.05, 0) is 42.5 Å². The zero-order valence-corrected chi connectivity index (χ0v) is 17.0. The molecular weight excluding hydrogens is 378 g/mol. The predicted molar refractivity (Wildman–Crippen MR) is 115 cm³/mol. The minimum atomic E-state index is -0.535. The molecule has 6 nitrogen and oxygen atoms in total. The summed E-state index contributed by atoms with van der Waals surface area (Å²) in [7, 11) is 0. The Bertz CT molecular complexity index is 1060. The summed E-state index contributed by atoms with van der Waals surface area (Å²) in [5.74, 6) is 0.327. The molecule has 0 radical (unpaired) electrons. The SMILES string of the molecule is Cc1noc(-c2ccccc2)c1CCN1CCc2ccc(C=CC(=O)NO)cc2C1. The maximum absolute atomic E-state index is 11.2. The van der Waals surface area contributed by atoms with E-state index in [1.54, 1.807) is 11.6 Å². The number of amides is 1. The molecule has 154 valence electrons. The zero-order valence-electron chi connectivity index (χ0n) is 17.0. The fraction of sp³-hybridized carbons (Fsp3) is 0.250. The number of rotatable bonds is 6. The predicted octanol–water partition coefficient (Wildman–Crippen LogP) is 3.77. The Morgan fingerprint density at radius 1 is 1.23 bits per heavy atom. The molecule has 1 amide bonds. The van der Waals surface area contributed by atoms with Crippen molar-refractivity contribution in [2.45, 2.75) is 26.3 Å². The largest absolute Gasteiger partial charge is 0.356 e. The smallest absolute Gasteiger partial charge is 0.267 e. The maximum Gasteiger partial charge on any atom is 0.267 e. The lowest BCUT2D eigenvalue weighted by atomic mass is 9.96. The van der Waals surface area contributed by atoms with Gasteiger partial charge in [0, 0.05) is 36.8 Å². The third-order valence-electron chi connectivity index (χ3n) is 5.56. The molecular formula is C24H25N3O3. The third kappa shape index (κ3) is 4.50. The highest BCUT2D eigenvalue weighted by atomic mass is 16.5. The summed E-state index contributed by atoms with van der Waals surface area (Å²) < 4.78 is 5.62. The molecule has 0 aliphatic carbocycles. The molecule has 2 aromatic carbocycles. The summed E-state index contributed by atoms with van der Waals surface area (Å²) in [5.41, 5.74) is 8.34. The van der Waals surface area contributed by atoms with E-state index in [1.807, 2.05) is 43.3 Å². The second kappa shape index (κ2) is 9.07. The monoisotopic (exact) mass is 403 g/mol. The van der Waals surface area contributed by atoms with Gasteiger partial charge in [0.15, 0.2) is 5.76 Å². The van der Waals surface area contributed by atoms with Crippen LogP contribution in [-0.4, -0.2) is 34.3 Å². The van der Waals surface area contributed by atoms with Crippen molar-refractivity contribution in [2.24, 2.45) is 0 Å². The van der Waals surface area contributed by atoms with Gasteiger partial charge in [-0.3, -0.25) is 14.9 Å². The number of hydrogen-bond acceptors (Lipinski definition) is 5.